The van der Waals surface area contributed by atoms with Gasteiger partial charge in [0.2, 0.25) is 5.91 Å². The van der Waals surface area contributed by atoms with Crippen molar-refractivity contribution in [3.8, 4) is 0 Å². The van der Waals surface area contributed by atoms with Crippen LogP contribution in [-0.4, -0.2) is 5.91 Å². The van der Waals surface area contributed by atoms with Crippen LogP contribution in [0.5, 0.6) is 0 Å². The van der Waals surface area contributed by atoms with Crippen molar-refractivity contribution in [3.05, 3.63) is 44.8 Å². The van der Waals surface area contributed by atoms with Crippen molar-refractivity contribution in [1.82, 2.24) is 5.32 Å². The molecule has 0 spiro atoms. The number of carbonyl (C=O) groups is 1. The van der Waals surface area contributed by atoms with Crippen LogP contribution in [0.15, 0.2) is 35.0 Å². The highest BCUT2D eigenvalue weighted by Crippen LogP contribution is 2.25. The fourth-order valence-electron chi connectivity index (χ4n) is 1.83. The quantitative estimate of drug-likeness (QED) is 0.884. The second-order valence-corrected chi connectivity index (χ2v) is 6.57. The standard InChI is InChI=1S/C14H17NOS2/c1-10(2)14(12-6-4-8-18-12)15-13(16)9-11-5-3-7-17-11/h3-8,10,14H,9H2,1-2H3,(H,15,16)/t14-/m1/s1. The second kappa shape index (κ2) is 6.16. The first-order valence-electron chi connectivity index (χ1n) is 6.02. The summed E-state index contributed by atoms with van der Waals surface area (Å²) in [6, 6.07) is 8.21. The molecule has 2 nitrogen and oxygen atoms in total. The smallest absolute Gasteiger partial charge is 0.225 e. The van der Waals surface area contributed by atoms with E-state index in [1.54, 1.807) is 22.7 Å². The zero-order valence-corrected chi connectivity index (χ0v) is 12.2. The molecule has 0 aliphatic carbocycles. The average molecular weight is 279 g/mol. The summed E-state index contributed by atoms with van der Waals surface area (Å²) in [6.07, 6.45) is 0.478. The van der Waals surface area contributed by atoms with Gasteiger partial charge in [0.1, 0.15) is 0 Å². The first-order chi connectivity index (χ1) is 8.66. The molecule has 0 aromatic carbocycles. The number of carbonyl (C=O) groups excluding carboxylic acids is 1. The number of amides is 1. The predicted octanol–water partition coefficient (Wildman–Crippen LogP) is 3.87. The molecular formula is C14H17NOS2. The topological polar surface area (TPSA) is 29.1 Å². The molecule has 18 heavy (non-hydrogen) atoms. The van der Waals surface area contributed by atoms with Crippen LogP contribution in [0.1, 0.15) is 29.6 Å². The van der Waals surface area contributed by atoms with E-state index in [9.17, 15) is 4.79 Å². The van der Waals surface area contributed by atoms with Crippen LogP contribution in [0, 0.1) is 5.92 Å². The van der Waals surface area contributed by atoms with Crippen molar-refractivity contribution in [2.24, 2.45) is 5.92 Å². The third-order valence-corrected chi connectivity index (χ3v) is 4.58. The van der Waals surface area contributed by atoms with Crippen molar-refractivity contribution in [3.63, 3.8) is 0 Å². The Balaban J connectivity index is 1.99. The van der Waals surface area contributed by atoms with Crippen LogP contribution in [0.25, 0.3) is 0 Å². The fraction of sp³-hybridized carbons (Fsp3) is 0.357. The molecule has 0 saturated heterocycles. The van der Waals surface area contributed by atoms with Gasteiger partial charge in [-0.2, -0.15) is 0 Å². The molecular weight excluding hydrogens is 262 g/mol. The van der Waals surface area contributed by atoms with Crippen LogP contribution in [-0.2, 0) is 11.2 Å². The van der Waals surface area contributed by atoms with Gasteiger partial charge in [0.05, 0.1) is 12.5 Å². The Hall–Kier alpha value is -1.13. The molecule has 0 saturated carbocycles. The van der Waals surface area contributed by atoms with Crippen LogP contribution >= 0.6 is 22.7 Å². The molecule has 0 aliphatic rings. The Kier molecular flexibility index (Phi) is 4.55. The number of nitrogens with one attached hydrogen (secondary N) is 1. The van der Waals surface area contributed by atoms with E-state index in [-0.39, 0.29) is 11.9 Å². The van der Waals surface area contributed by atoms with Gasteiger partial charge in [-0.25, -0.2) is 0 Å². The van der Waals surface area contributed by atoms with Gasteiger partial charge >= 0.3 is 0 Å². The molecule has 0 aliphatic heterocycles. The molecule has 1 atom stereocenters. The van der Waals surface area contributed by atoms with E-state index in [1.807, 2.05) is 23.6 Å². The summed E-state index contributed by atoms with van der Waals surface area (Å²) in [5.41, 5.74) is 0. The van der Waals surface area contributed by atoms with Gasteiger partial charge in [0, 0.05) is 9.75 Å². The number of thiophene rings is 2. The number of hydrogen-bond donors (Lipinski definition) is 1. The normalized spacial score (nSPS) is 12.6. The van der Waals surface area contributed by atoms with Gasteiger partial charge in [-0.1, -0.05) is 26.0 Å². The summed E-state index contributed by atoms with van der Waals surface area (Å²) in [4.78, 5) is 14.4. The number of hydrogen-bond acceptors (Lipinski definition) is 3. The number of rotatable bonds is 5. The summed E-state index contributed by atoms with van der Waals surface area (Å²) >= 11 is 3.32. The largest absolute Gasteiger partial charge is 0.348 e. The third-order valence-electron chi connectivity index (χ3n) is 2.75. The third kappa shape index (κ3) is 3.43. The molecule has 2 heterocycles. The van der Waals surface area contributed by atoms with Gasteiger partial charge in [-0.3, -0.25) is 4.79 Å². The zero-order valence-electron chi connectivity index (χ0n) is 10.6. The Morgan fingerprint density at radius 3 is 2.50 bits per heavy atom. The summed E-state index contributed by atoms with van der Waals surface area (Å²) in [6.45, 7) is 4.27. The Bertz CT molecular complexity index is 474. The van der Waals surface area contributed by atoms with Crippen LogP contribution < -0.4 is 5.32 Å². The monoisotopic (exact) mass is 279 g/mol. The zero-order chi connectivity index (χ0) is 13.0. The molecule has 2 rings (SSSR count). The lowest BCUT2D eigenvalue weighted by Gasteiger charge is -2.21. The Labute approximate surface area is 116 Å². The Morgan fingerprint density at radius 1 is 1.22 bits per heavy atom. The molecule has 1 N–H and O–H groups in total. The molecule has 2 aromatic heterocycles. The molecule has 0 radical (unpaired) electrons. The van der Waals surface area contributed by atoms with Crippen molar-refractivity contribution in [2.45, 2.75) is 26.3 Å². The molecule has 4 heteroatoms. The highest BCUT2D eigenvalue weighted by atomic mass is 32.1. The van der Waals surface area contributed by atoms with Crippen molar-refractivity contribution in [1.29, 1.82) is 0 Å². The predicted molar refractivity (Wildman–Crippen MR) is 78.1 cm³/mol. The fourth-order valence-corrected chi connectivity index (χ4v) is 3.48. The van der Waals surface area contributed by atoms with E-state index in [1.165, 1.54) is 4.88 Å². The maximum atomic E-state index is 12.0. The van der Waals surface area contributed by atoms with Crippen molar-refractivity contribution in [2.75, 3.05) is 0 Å². The maximum absolute atomic E-state index is 12.0. The average Bonchev–Trinajstić information content (AvgIpc) is 2.97. The molecule has 1 amide bonds. The van der Waals surface area contributed by atoms with Crippen LogP contribution in [0.4, 0.5) is 0 Å². The highest BCUT2D eigenvalue weighted by molar-refractivity contribution is 7.10. The minimum Gasteiger partial charge on any atom is -0.348 e. The van der Waals surface area contributed by atoms with Gasteiger partial charge < -0.3 is 5.32 Å². The summed E-state index contributed by atoms with van der Waals surface area (Å²) in [5.74, 6) is 0.500. The van der Waals surface area contributed by atoms with Gasteiger partial charge in [-0.05, 0) is 28.8 Å². The molecule has 0 bridgehead atoms. The van der Waals surface area contributed by atoms with E-state index < -0.39 is 0 Å². The minimum atomic E-state index is 0.101. The SMILES string of the molecule is CC(C)[C@@H](NC(=O)Cc1cccs1)c1cccs1. The van der Waals surface area contributed by atoms with Crippen LogP contribution in [0.2, 0.25) is 0 Å². The van der Waals surface area contributed by atoms with Gasteiger partial charge in [0.25, 0.3) is 0 Å². The van der Waals surface area contributed by atoms with Gasteiger partial charge in [-0.15, -0.1) is 22.7 Å². The molecule has 96 valence electrons. The van der Waals surface area contributed by atoms with E-state index in [0.29, 0.717) is 12.3 Å². The van der Waals surface area contributed by atoms with E-state index >= 15 is 0 Å². The van der Waals surface area contributed by atoms with Crippen LogP contribution in [0.3, 0.4) is 0 Å². The molecule has 2 aromatic rings. The first-order valence-corrected chi connectivity index (χ1v) is 7.78. The minimum absolute atomic E-state index is 0.101. The van der Waals surface area contributed by atoms with E-state index in [4.69, 9.17) is 0 Å². The van der Waals surface area contributed by atoms with E-state index in [0.717, 1.165) is 4.88 Å². The van der Waals surface area contributed by atoms with Crippen molar-refractivity contribution < 1.29 is 4.79 Å². The lowest BCUT2D eigenvalue weighted by molar-refractivity contribution is -0.121. The summed E-state index contributed by atoms with van der Waals surface area (Å²) in [5, 5.41) is 7.19. The van der Waals surface area contributed by atoms with Gasteiger partial charge in [0.15, 0.2) is 0 Å². The summed E-state index contributed by atoms with van der Waals surface area (Å²) < 4.78 is 0. The second-order valence-electron chi connectivity index (χ2n) is 4.56. The Morgan fingerprint density at radius 2 is 1.94 bits per heavy atom. The maximum Gasteiger partial charge on any atom is 0.225 e. The van der Waals surface area contributed by atoms with Crippen molar-refractivity contribution >= 4 is 28.6 Å². The lowest BCUT2D eigenvalue weighted by Crippen LogP contribution is -2.32. The van der Waals surface area contributed by atoms with E-state index in [2.05, 4.69) is 30.6 Å². The summed E-state index contributed by atoms with van der Waals surface area (Å²) in [7, 11) is 0. The molecule has 0 fully saturated rings. The molecule has 0 unspecified atom stereocenters. The first kappa shape index (κ1) is 13.3. The highest BCUT2D eigenvalue weighted by Gasteiger charge is 2.19. The lowest BCUT2D eigenvalue weighted by atomic mass is 10.0.